The van der Waals surface area contributed by atoms with E-state index in [2.05, 4.69) is 5.32 Å². The second kappa shape index (κ2) is 2.85. The minimum atomic E-state index is -0.322. The van der Waals surface area contributed by atoms with Crippen molar-refractivity contribution >= 4 is 5.78 Å². The molecule has 2 heteroatoms. The summed E-state index contributed by atoms with van der Waals surface area (Å²) in [4.78, 5) is 9.76. The SMILES string of the molecule is [CH]C(=O)CNC. The third-order valence-electron chi connectivity index (χ3n) is 0.351. The molecule has 0 aromatic rings. The van der Waals surface area contributed by atoms with E-state index in [1.807, 2.05) is 0 Å². The molecule has 0 saturated carbocycles. The van der Waals surface area contributed by atoms with Gasteiger partial charge >= 0.3 is 0 Å². The quantitative estimate of drug-likeness (QED) is 0.489. The maximum absolute atomic E-state index is 9.76. The van der Waals surface area contributed by atoms with Crippen molar-refractivity contribution in [2.24, 2.45) is 0 Å². The van der Waals surface area contributed by atoms with E-state index < -0.39 is 0 Å². The third kappa shape index (κ3) is 3.63. The standard InChI is InChI=1S/C4H7NO/c1-4(6)3-5-2/h1,5H,3H2,2H3. The molecule has 0 heterocycles. The first-order valence-electron chi connectivity index (χ1n) is 1.70. The van der Waals surface area contributed by atoms with Crippen LogP contribution in [0.4, 0.5) is 0 Å². The zero-order valence-corrected chi connectivity index (χ0v) is 3.69. The predicted molar refractivity (Wildman–Crippen MR) is 23.2 cm³/mol. The van der Waals surface area contributed by atoms with E-state index in [1.165, 1.54) is 0 Å². The molecule has 2 nitrogen and oxygen atoms in total. The molecule has 0 rings (SSSR count). The Kier molecular flexibility index (Phi) is 2.67. The fraction of sp³-hybridized carbons (Fsp3) is 0.500. The molecule has 2 radical (unpaired) electrons. The van der Waals surface area contributed by atoms with Crippen LogP contribution in [0.25, 0.3) is 0 Å². The summed E-state index contributed by atoms with van der Waals surface area (Å²) in [6.07, 6.45) is 0. The first kappa shape index (κ1) is 5.63. The van der Waals surface area contributed by atoms with Crippen LogP contribution in [0.2, 0.25) is 0 Å². The fourth-order valence-electron chi connectivity index (χ4n) is 0.174. The Bertz CT molecular complexity index is 51.5. The Morgan fingerprint density at radius 2 is 2.50 bits per heavy atom. The minimum absolute atomic E-state index is 0.264. The number of nitrogens with one attached hydrogen (secondary N) is 1. The van der Waals surface area contributed by atoms with Gasteiger partial charge in [0.2, 0.25) is 0 Å². The first-order chi connectivity index (χ1) is 2.77. The molecule has 0 fully saturated rings. The van der Waals surface area contributed by atoms with Crippen LogP contribution in [0.1, 0.15) is 0 Å². The van der Waals surface area contributed by atoms with Crippen molar-refractivity contribution in [3.05, 3.63) is 6.92 Å². The molecule has 6 heavy (non-hydrogen) atoms. The smallest absolute Gasteiger partial charge is 0.151 e. The molecule has 0 atom stereocenters. The minimum Gasteiger partial charge on any atom is -0.313 e. The number of likely N-dealkylation sites (N-methyl/N-ethyl adjacent to an activating group) is 1. The first-order valence-corrected chi connectivity index (χ1v) is 1.70. The van der Waals surface area contributed by atoms with Crippen LogP contribution in [-0.2, 0) is 4.79 Å². The summed E-state index contributed by atoms with van der Waals surface area (Å²) < 4.78 is 0. The molecule has 0 bridgehead atoms. The van der Waals surface area contributed by atoms with E-state index in [0.29, 0.717) is 0 Å². The Balaban J connectivity index is 2.83. The summed E-state index contributed by atoms with van der Waals surface area (Å²) in [7, 11) is 1.67. The van der Waals surface area contributed by atoms with Crippen LogP contribution < -0.4 is 5.32 Å². The Morgan fingerprint density at radius 3 is 2.50 bits per heavy atom. The molecule has 0 saturated heterocycles. The number of hydrogen-bond donors (Lipinski definition) is 1. The molecule has 0 aliphatic heterocycles. The topological polar surface area (TPSA) is 29.1 Å². The summed E-state index contributed by atoms with van der Waals surface area (Å²) >= 11 is 0. The lowest BCUT2D eigenvalue weighted by atomic mass is 10.5. The van der Waals surface area contributed by atoms with Gasteiger partial charge in [0, 0.05) is 6.92 Å². The van der Waals surface area contributed by atoms with E-state index in [0.717, 1.165) is 0 Å². The van der Waals surface area contributed by atoms with Gasteiger partial charge in [0.25, 0.3) is 0 Å². The number of ketones is 1. The lowest BCUT2D eigenvalue weighted by molar-refractivity contribution is -0.114. The summed E-state index contributed by atoms with van der Waals surface area (Å²) in [5.41, 5.74) is 0. The Morgan fingerprint density at radius 1 is 2.00 bits per heavy atom. The molecule has 0 spiro atoms. The summed E-state index contributed by atoms with van der Waals surface area (Å²) in [6.45, 7) is 4.97. The van der Waals surface area contributed by atoms with Crippen molar-refractivity contribution in [3.8, 4) is 0 Å². The number of hydrogen-bond acceptors (Lipinski definition) is 2. The van der Waals surface area contributed by atoms with E-state index in [4.69, 9.17) is 6.92 Å². The van der Waals surface area contributed by atoms with Gasteiger partial charge in [-0.05, 0) is 7.05 Å². The monoisotopic (exact) mass is 85.1 g/mol. The second-order valence-electron chi connectivity index (χ2n) is 0.997. The number of carbonyl (C=O) groups is 1. The highest BCUT2D eigenvalue weighted by molar-refractivity contribution is 5.84. The van der Waals surface area contributed by atoms with Crippen molar-refractivity contribution in [1.82, 2.24) is 5.32 Å². The normalized spacial score (nSPS) is 8.33. The molecule has 0 amide bonds. The summed E-state index contributed by atoms with van der Waals surface area (Å²) in [6, 6.07) is 0. The van der Waals surface area contributed by atoms with E-state index in [-0.39, 0.29) is 12.3 Å². The van der Waals surface area contributed by atoms with Gasteiger partial charge in [0.15, 0.2) is 5.78 Å². The van der Waals surface area contributed by atoms with Crippen LogP contribution in [0.15, 0.2) is 0 Å². The fourth-order valence-corrected chi connectivity index (χ4v) is 0.174. The third-order valence-corrected chi connectivity index (χ3v) is 0.351. The maximum Gasteiger partial charge on any atom is 0.151 e. The highest BCUT2D eigenvalue weighted by atomic mass is 16.1. The van der Waals surface area contributed by atoms with Gasteiger partial charge in [-0.15, -0.1) is 0 Å². The highest BCUT2D eigenvalue weighted by Gasteiger charge is 1.83. The predicted octanol–water partition coefficient (Wildman–Crippen LogP) is -0.514. The summed E-state index contributed by atoms with van der Waals surface area (Å²) in [5.74, 6) is -0.322. The maximum atomic E-state index is 9.76. The van der Waals surface area contributed by atoms with Gasteiger partial charge in [-0.25, -0.2) is 0 Å². The van der Waals surface area contributed by atoms with Gasteiger partial charge in [-0.1, -0.05) is 0 Å². The van der Waals surface area contributed by atoms with Crippen LogP contribution in [0.5, 0.6) is 0 Å². The Labute approximate surface area is 37.5 Å². The van der Waals surface area contributed by atoms with Crippen molar-refractivity contribution in [1.29, 1.82) is 0 Å². The molecule has 0 aliphatic rings. The largest absolute Gasteiger partial charge is 0.313 e. The lowest BCUT2D eigenvalue weighted by Gasteiger charge is -1.84. The number of carbonyl (C=O) groups excluding carboxylic acids is 1. The van der Waals surface area contributed by atoms with E-state index in [1.54, 1.807) is 7.05 Å². The number of rotatable bonds is 2. The lowest BCUT2D eigenvalue weighted by Crippen LogP contribution is -2.14. The van der Waals surface area contributed by atoms with Crippen LogP contribution in [0, 0.1) is 6.92 Å². The van der Waals surface area contributed by atoms with E-state index in [9.17, 15) is 4.79 Å². The molecular weight excluding hydrogens is 78.0 g/mol. The van der Waals surface area contributed by atoms with Gasteiger partial charge < -0.3 is 5.32 Å². The van der Waals surface area contributed by atoms with Gasteiger partial charge in [0.1, 0.15) is 0 Å². The van der Waals surface area contributed by atoms with Crippen LogP contribution in [-0.4, -0.2) is 19.4 Å². The summed E-state index contributed by atoms with van der Waals surface area (Å²) in [5, 5.41) is 2.59. The molecule has 34 valence electrons. The highest BCUT2D eigenvalue weighted by Crippen LogP contribution is 1.55. The zero-order chi connectivity index (χ0) is 4.99. The van der Waals surface area contributed by atoms with Crippen LogP contribution in [0.3, 0.4) is 0 Å². The van der Waals surface area contributed by atoms with Crippen molar-refractivity contribution in [2.45, 2.75) is 0 Å². The van der Waals surface area contributed by atoms with Crippen LogP contribution >= 0.6 is 0 Å². The van der Waals surface area contributed by atoms with E-state index >= 15 is 0 Å². The van der Waals surface area contributed by atoms with Gasteiger partial charge in [0.05, 0.1) is 6.54 Å². The van der Waals surface area contributed by atoms with Crippen molar-refractivity contribution in [2.75, 3.05) is 13.6 Å². The molecule has 1 N–H and O–H groups in total. The van der Waals surface area contributed by atoms with Gasteiger partial charge in [-0.3, -0.25) is 4.79 Å². The number of Topliss-reactive ketones (excluding diaryl/α,β-unsaturated/α-hetero) is 1. The average molecular weight is 85.1 g/mol. The molecule has 0 aromatic heterocycles. The second-order valence-corrected chi connectivity index (χ2v) is 0.997. The Hall–Kier alpha value is -0.370. The molecular formula is C4H7NO. The van der Waals surface area contributed by atoms with Crippen molar-refractivity contribution in [3.63, 3.8) is 0 Å². The zero-order valence-electron chi connectivity index (χ0n) is 3.69. The van der Waals surface area contributed by atoms with Gasteiger partial charge in [-0.2, -0.15) is 0 Å². The molecule has 0 unspecified atom stereocenters. The molecule has 0 aromatic carbocycles. The van der Waals surface area contributed by atoms with Crippen molar-refractivity contribution < 1.29 is 4.79 Å². The molecule has 0 aliphatic carbocycles. The average Bonchev–Trinajstić information content (AvgIpc) is 1.35.